The van der Waals surface area contributed by atoms with E-state index in [9.17, 15) is 0 Å². The van der Waals surface area contributed by atoms with Crippen molar-refractivity contribution < 1.29 is 0 Å². The van der Waals surface area contributed by atoms with Crippen molar-refractivity contribution in [3.63, 3.8) is 0 Å². The Labute approximate surface area is 100 Å². The van der Waals surface area contributed by atoms with Crippen molar-refractivity contribution in [2.75, 3.05) is 0 Å². The minimum atomic E-state index is 0.496. The summed E-state index contributed by atoms with van der Waals surface area (Å²) in [5, 5.41) is 2.88. The molecule has 0 amide bonds. The van der Waals surface area contributed by atoms with Crippen LogP contribution in [0.15, 0.2) is 23.6 Å². The van der Waals surface area contributed by atoms with Crippen molar-refractivity contribution in [3.8, 4) is 11.3 Å². The van der Waals surface area contributed by atoms with Crippen LogP contribution >= 0.6 is 46.1 Å². The van der Waals surface area contributed by atoms with Crippen LogP contribution in [0.25, 0.3) is 11.3 Å². The number of halogens is 3. The molecule has 0 saturated carbocycles. The Morgan fingerprint density at radius 1 is 1.14 bits per heavy atom. The number of rotatable bonds is 1. The summed E-state index contributed by atoms with van der Waals surface area (Å²) >= 11 is 19.0. The molecule has 1 heterocycles. The van der Waals surface area contributed by atoms with Crippen LogP contribution in [0.5, 0.6) is 0 Å². The monoisotopic (exact) mass is 263 g/mol. The predicted octanol–water partition coefficient (Wildman–Crippen LogP) is 4.77. The molecule has 14 heavy (non-hydrogen) atoms. The summed E-state index contributed by atoms with van der Waals surface area (Å²) in [5.74, 6) is 0. The average molecular weight is 265 g/mol. The zero-order chi connectivity index (χ0) is 10.1. The average Bonchev–Trinajstić information content (AvgIpc) is 2.57. The number of nitrogens with zero attached hydrogens (tertiary/aromatic N) is 1. The molecule has 5 heteroatoms. The van der Waals surface area contributed by atoms with Gasteiger partial charge in [0.1, 0.15) is 0 Å². The first-order chi connectivity index (χ1) is 6.68. The smallest absolute Gasteiger partial charge is 0.184 e. The third-order valence-corrected chi connectivity index (χ3v) is 3.50. The molecule has 0 aliphatic heterocycles. The Kier molecular flexibility index (Phi) is 2.98. The third-order valence-electron chi connectivity index (χ3n) is 1.70. The lowest BCUT2D eigenvalue weighted by atomic mass is 10.2. The van der Waals surface area contributed by atoms with Crippen molar-refractivity contribution in [3.05, 3.63) is 38.1 Å². The molecule has 1 aromatic carbocycles. The van der Waals surface area contributed by atoms with E-state index in [0.29, 0.717) is 14.5 Å². The van der Waals surface area contributed by atoms with Gasteiger partial charge in [-0.2, -0.15) is 0 Å². The second kappa shape index (κ2) is 4.07. The zero-order valence-corrected chi connectivity index (χ0v) is 9.88. The van der Waals surface area contributed by atoms with Crippen molar-refractivity contribution in [1.82, 2.24) is 4.98 Å². The highest BCUT2D eigenvalue weighted by atomic mass is 35.5. The number of aromatic nitrogens is 1. The molecule has 0 unspecified atom stereocenters. The van der Waals surface area contributed by atoms with Gasteiger partial charge in [0.05, 0.1) is 15.7 Å². The first-order valence-corrected chi connectivity index (χ1v) is 5.75. The fourth-order valence-corrected chi connectivity index (χ4v) is 2.24. The molecule has 2 aromatic rings. The molecule has 0 bridgehead atoms. The van der Waals surface area contributed by atoms with E-state index in [4.69, 9.17) is 34.8 Å². The van der Waals surface area contributed by atoms with Gasteiger partial charge >= 0.3 is 0 Å². The molecule has 2 rings (SSSR count). The molecule has 1 aromatic heterocycles. The molecule has 0 fully saturated rings. The van der Waals surface area contributed by atoms with Gasteiger partial charge < -0.3 is 0 Å². The van der Waals surface area contributed by atoms with Crippen LogP contribution in [0.1, 0.15) is 0 Å². The molecule has 0 saturated heterocycles. The first kappa shape index (κ1) is 10.2. The maximum atomic E-state index is 6.03. The third kappa shape index (κ3) is 1.89. The molecule has 0 aliphatic carbocycles. The van der Waals surface area contributed by atoms with Crippen molar-refractivity contribution >= 4 is 46.1 Å². The predicted molar refractivity (Wildman–Crippen MR) is 62.6 cm³/mol. The lowest BCUT2D eigenvalue weighted by Gasteiger charge is -2.01. The lowest BCUT2D eigenvalue weighted by molar-refractivity contribution is 1.41. The maximum absolute atomic E-state index is 6.03. The highest BCUT2D eigenvalue weighted by molar-refractivity contribution is 7.14. The van der Waals surface area contributed by atoms with Crippen LogP contribution in [0.4, 0.5) is 0 Å². The van der Waals surface area contributed by atoms with Gasteiger partial charge in [-0.25, -0.2) is 4.98 Å². The van der Waals surface area contributed by atoms with Gasteiger partial charge in [-0.15, -0.1) is 11.3 Å². The van der Waals surface area contributed by atoms with Crippen LogP contribution in [0.3, 0.4) is 0 Å². The second-order valence-corrected chi connectivity index (χ2v) is 4.81. The molecule has 72 valence electrons. The summed E-state index contributed by atoms with van der Waals surface area (Å²) in [4.78, 5) is 4.12. The van der Waals surface area contributed by atoms with E-state index in [1.165, 1.54) is 11.3 Å². The van der Waals surface area contributed by atoms with Crippen molar-refractivity contribution in [2.24, 2.45) is 0 Å². The Hall–Kier alpha value is -0.280. The quantitative estimate of drug-likeness (QED) is 0.723. The van der Waals surface area contributed by atoms with Gasteiger partial charge in [0.15, 0.2) is 4.47 Å². The summed E-state index contributed by atoms with van der Waals surface area (Å²) in [6, 6.07) is 5.43. The van der Waals surface area contributed by atoms with Gasteiger partial charge in [0, 0.05) is 10.9 Å². The van der Waals surface area contributed by atoms with Crippen LogP contribution in [0.2, 0.25) is 14.5 Å². The molecule has 0 spiro atoms. The van der Waals surface area contributed by atoms with E-state index in [1.807, 2.05) is 17.5 Å². The topological polar surface area (TPSA) is 12.9 Å². The van der Waals surface area contributed by atoms with Crippen LogP contribution < -0.4 is 0 Å². The molecule has 1 nitrogen and oxygen atoms in total. The maximum Gasteiger partial charge on any atom is 0.184 e. The van der Waals surface area contributed by atoms with Gasteiger partial charge in [-0.3, -0.25) is 0 Å². The fourth-order valence-electron chi connectivity index (χ4n) is 1.08. The van der Waals surface area contributed by atoms with E-state index in [2.05, 4.69) is 4.98 Å². The molecule has 0 N–H and O–H groups in total. The molecular weight excluding hydrogens is 261 g/mol. The first-order valence-electron chi connectivity index (χ1n) is 3.74. The van der Waals surface area contributed by atoms with E-state index < -0.39 is 0 Å². The Morgan fingerprint density at radius 2 is 1.93 bits per heavy atom. The van der Waals surface area contributed by atoms with Gasteiger partial charge in [0.25, 0.3) is 0 Å². The largest absolute Gasteiger partial charge is 0.225 e. The Bertz CT molecular complexity index is 467. The van der Waals surface area contributed by atoms with Gasteiger partial charge in [0.2, 0.25) is 0 Å². The highest BCUT2D eigenvalue weighted by Gasteiger charge is 2.09. The fraction of sp³-hybridized carbons (Fsp3) is 0. The van der Waals surface area contributed by atoms with E-state index >= 15 is 0 Å². The summed E-state index contributed by atoms with van der Waals surface area (Å²) < 4.78 is 0.496. The molecule has 0 atom stereocenters. The van der Waals surface area contributed by atoms with Gasteiger partial charge in [-0.05, 0) is 6.07 Å². The van der Waals surface area contributed by atoms with E-state index in [1.54, 1.807) is 6.07 Å². The Balaban J connectivity index is 2.57. The van der Waals surface area contributed by atoms with Crippen LogP contribution in [-0.4, -0.2) is 4.98 Å². The normalized spacial score (nSPS) is 10.5. The summed E-state index contributed by atoms with van der Waals surface area (Å²) in [7, 11) is 0. The minimum Gasteiger partial charge on any atom is -0.225 e. The van der Waals surface area contributed by atoms with Crippen molar-refractivity contribution in [1.29, 1.82) is 0 Å². The summed E-state index contributed by atoms with van der Waals surface area (Å²) in [5.41, 5.74) is 1.56. The highest BCUT2D eigenvalue weighted by Crippen LogP contribution is 2.34. The second-order valence-electron chi connectivity index (χ2n) is 2.59. The molecule has 0 aliphatic rings. The molecular formula is C9H4Cl3NS. The standard InChI is InChI=1S/C9H4Cl3NS/c10-6-3-1-2-5(8(6)11)7-4-14-9(12)13-7/h1-4H. The number of hydrogen-bond acceptors (Lipinski definition) is 2. The van der Waals surface area contributed by atoms with Crippen LogP contribution in [-0.2, 0) is 0 Å². The van der Waals surface area contributed by atoms with Gasteiger partial charge in [-0.1, -0.05) is 46.9 Å². The van der Waals surface area contributed by atoms with E-state index in [-0.39, 0.29) is 0 Å². The van der Waals surface area contributed by atoms with E-state index in [0.717, 1.165) is 11.3 Å². The Morgan fingerprint density at radius 3 is 2.57 bits per heavy atom. The molecule has 0 radical (unpaired) electrons. The lowest BCUT2D eigenvalue weighted by Crippen LogP contribution is -1.79. The summed E-state index contributed by atoms with van der Waals surface area (Å²) in [6.45, 7) is 0. The zero-order valence-electron chi connectivity index (χ0n) is 6.80. The van der Waals surface area contributed by atoms with Crippen molar-refractivity contribution in [2.45, 2.75) is 0 Å². The number of thiazole rings is 1. The summed E-state index contributed by atoms with van der Waals surface area (Å²) in [6.07, 6.45) is 0. The number of hydrogen-bond donors (Lipinski definition) is 0. The number of benzene rings is 1. The SMILES string of the molecule is Clc1nc(-c2cccc(Cl)c2Cl)cs1. The van der Waals surface area contributed by atoms with Crippen LogP contribution in [0, 0.1) is 0 Å². The minimum absolute atomic E-state index is 0.496.